The van der Waals surface area contributed by atoms with Crippen molar-refractivity contribution >= 4 is 34.1 Å². The van der Waals surface area contributed by atoms with Gasteiger partial charge in [-0.25, -0.2) is 14.6 Å². The van der Waals surface area contributed by atoms with Gasteiger partial charge in [0.2, 0.25) is 0 Å². The standard InChI is InChI=1S/C23H22ClN9/c1-14-6-11-33(30-14)23-21(16-12-15-4-3-8-27-20(15)17(24)13-16)28-18(22(25)29-23)5-9-26-19-7-10-32(2)31-19/h3-4,6-8,10-13H,5,9H2,1-2H3,(H2,25,29)(H,26,31). The Balaban J connectivity index is 1.57. The number of rotatable bonds is 6. The van der Waals surface area contributed by atoms with Gasteiger partial charge >= 0.3 is 0 Å². The minimum absolute atomic E-state index is 0.360. The number of halogens is 1. The Morgan fingerprint density at radius 1 is 1.09 bits per heavy atom. The summed E-state index contributed by atoms with van der Waals surface area (Å²) in [5, 5.41) is 13.6. The number of fused-ring (bicyclic) bond motifs is 1. The Bertz CT molecular complexity index is 1450. The van der Waals surface area contributed by atoms with E-state index in [4.69, 9.17) is 22.3 Å². The van der Waals surface area contributed by atoms with Gasteiger partial charge in [-0.15, -0.1) is 0 Å². The van der Waals surface area contributed by atoms with Crippen LogP contribution in [-0.4, -0.2) is 41.1 Å². The molecule has 3 N–H and O–H groups in total. The summed E-state index contributed by atoms with van der Waals surface area (Å²) < 4.78 is 3.43. The molecule has 0 fully saturated rings. The fraction of sp³-hybridized carbons (Fsp3) is 0.174. The average molecular weight is 460 g/mol. The predicted molar refractivity (Wildman–Crippen MR) is 129 cm³/mol. The highest BCUT2D eigenvalue weighted by atomic mass is 35.5. The molecule has 1 aromatic carbocycles. The summed E-state index contributed by atoms with van der Waals surface area (Å²) in [5.41, 5.74) is 10.1. The SMILES string of the molecule is Cc1ccn(-c2nc(N)c(CCNc3ccn(C)n3)nc2-c2cc(Cl)c3ncccc3c2)n1. The molecule has 0 radical (unpaired) electrons. The number of benzene rings is 1. The smallest absolute Gasteiger partial charge is 0.182 e. The molecule has 4 aromatic heterocycles. The molecule has 5 aromatic rings. The number of aryl methyl sites for hydroxylation is 2. The van der Waals surface area contributed by atoms with Crippen molar-refractivity contribution in [3.63, 3.8) is 0 Å². The first kappa shape index (κ1) is 20.9. The third-order valence-electron chi connectivity index (χ3n) is 5.23. The maximum Gasteiger partial charge on any atom is 0.182 e. The summed E-state index contributed by atoms with van der Waals surface area (Å²) in [7, 11) is 1.88. The zero-order valence-corrected chi connectivity index (χ0v) is 19.0. The number of nitrogens with zero attached hydrogens (tertiary/aromatic N) is 7. The number of nitrogens with one attached hydrogen (secondary N) is 1. The van der Waals surface area contributed by atoms with Crippen molar-refractivity contribution in [1.82, 2.24) is 34.5 Å². The summed E-state index contributed by atoms with van der Waals surface area (Å²) in [5.74, 6) is 1.70. The molecular formula is C23H22ClN9. The van der Waals surface area contributed by atoms with Gasteiger partial charge in [0.1, 0.15) is 17.3 Å². The van der Waals surface area contributed by atoms with E-state index in [1.165, 1.54) is 0 Å². The van der Waals surface area contributed by atoms with Gasteiger partial charge in [0.25, 0.3) is 0 Å². The van der Waals surface area contributed by atoms with Crippen molar-refractivity contribution in [2.45, 2.75) is 13.3 Å². The minimum Gasteiger partial charge on any atom is -0.382 e. The second-order valence-corrected chi connectivity index (χ2v) is 8.12. The third kappa shape index (κ3) is 4.22. The number of nitrogen functional groups attached to an aromatic ring is 1. The second kappa shape index (κ2) is 8.51. The normalized spacial score (nSPS) is 11.2. The van der Waals surface area contributed by atoms with Crippen LogP contribution in [0.5, 0.6) is 0 Å². The average Bonchev–Trinajstić information content (AvgIpc) is 3.42. The van der Waals surface area contributed by atoms with Gasteiger partial charge in [0, 0.05) is 55.6 Å². The Morgan fingerprint density at radius 2 is 1.97 bits per heavy atom. The minimum atomic E-state index is 0.360. The third-order valence-corrected chi connectivity index (χ3v) is 5.52. The lowest BCUT2D eigenvalue weighted by atomic mass is 10.1. The van der Waals surface area contributed by atoms with Crippen LogP contribution in [0.3, 0.4) is 0 Å². The van der Waals surface area contributed by atoms with E-state index in [-0.39, 0.29) is 0 Å². The van der Waals surface area contributed by atoms with Crippen LogP contribution >= 0.6 is 11.6 Å². The molecule has 4 heterocycles. The fourth-order valence-electron chi connectivity index (χ4n) is 3.65. The molecule has 0 saturated heterocycles. The highest BCUT2D eigenvalue weighted by Gasteiger charge is 2.18. The van der Waals surface area contributed by atoms with Crippen molar-refractivity contribution in [3.8, 4) is 17.1 Å². The van der Waals surface area contributed by atoms with Crippen LogP contribution in [0.1, 0.15) is 11.4 Å². The molecule has 0 amide bonds. The van der Waals surface area contributed by atoms with E-state index >= 15 is 0 Å². The zero-order chi connectivity index (χ0) is 22.9. The van der Waals surface area contributed by atoms with E-state index in [1.807, 2.05) is 62.8 Å². The van der Waals surface area contributed by atoms with Crippen LogP contribution in [0.15, 0.2) is 55.0 Å². The number of nitrogens with two attached hydrogens (primary N) is 1. The monoisotopic (exact) mass is 459 g/mol. The van der Waals surface area contributed by atoms with Crippen molar-refractivity contribution in [2.24, 2.45) is 7.05 Å². The molecular weight excluding hydrogens is 438 g/mol. The van der Waals surface area contributed by atoms with Crippen molar-refractivity contribution in [3.05, 3.63) is 71.4 Å². The molecule has 166 valence electrons. The first-order valence-electron chi connectivity index (χ1n) is 10.4. The molecule has 9 nitrogen and oxygen atoms in total. The van der Waals surface area contributed by atoms with Gasteiger partial charge < -0.3 is 11.1 Å². The lowest BCUT2D eigenvalue weighted by Gasteiger charge is -2.14. The number of pyridine rings is 1. The number of aromatic nitrogens is 7. The lowest BCUT2D eigenvalue weighted by molar-refractivity contribution is 0.767. The van der Waals surface area contributed by atoms with E-state index in [2.05, 4.69) is 25.5 Å². The van der Waals surface area contributed by atoms with Crippen LogP contribution in [0, 0.1) is 6.92 Å². The zero-order valence-electron chi connectivity index (χ0n) is 18.2. The Hall–Kier alpha value is -3.98. The second-order valence-electron chi connectivity index (χ2n) is 7.71. The maximum atomic E-state index is 6.56. The van der Waals surface area contributed by atoms with Crippen molar-refractivity contribution < 1.29 is 0 Å². The molecule has 0 unspecified atom stereocenters. The summed E-state index contributed by atoms with van der Waals surface area (Å²) in [4.78, 5) is 14.0. The van der Waals surface area contributed by atoms with E-state index in [1.54, 1.807) is 15.6 Å². The maximum absolute atomic E-state index is 6.56. The summed E-state index contributed by atoms with van der Waals surface area (Å²) in [6, 6.07) is 11.5. The molecule has 0 aliphatic carbocycles. The van der Waals surface area contributed by atoms with Gasteiger partial charge in [0.15, 0.2) is 5.82 Å². The van der Waals surface area contributed by atoms with E-state index in [0.29, 0.717) is 41.0 Å². The van der Waals surface area contributed by atoms with Crippen molar-refractivity contribution in [1.29, 1.82) is 0 Å². The van der Waals surface area contributed by atoms with Crippen LogP contribution in [0.2, 0.25) is 5.02 Å². The first-order chi connectivity index (χ1) is 16.0. The summed E-state index contributed by atoms with van der Waals surface area (Å²) in [6.45, 7) is 2.53. The largest absolute Gasteiger partial charge is 0.382 e. The fourth-order valence-corrected chi connectivity index (χ4v) is 3.92. The predicted octanol–water partition coefficient (Wildman–Crippen LogP) is 3.81. The molecule has 0 atom stereocenters. The topological polar surface area (TPSA) is 112 Å². The van der Waals surface area contributed by atoms with Gasteiger partial charge in [-0.3, -0.25) is 9.67 Å². The number of hydrogen-bond donors (Lipinski definition) is 2. The molecule has 0 bridgehead atoms. The van der Waals surface area contributed by atoms with Crippen LogP contribution < -0.4 is 11.1 Å². The molecule has 33 heavy (non-hydrogen) atoms. The molecule has 0 saturated carbocycles. The number of anilines is 2. The molecule has 0 aliphatic heterocycles. The van der Waals surface area contributed by atoms with Gasteiger partial charge in [-0.2, -0.15) is 10.2 Å². The highest BCUT2D eigenvalue weighted by Crippen LogP contribution is 2.32. The number of hydrogen-bond acceptors (Lipinski definition) is 7. The first-order valence-corrected chi connectivity index (χ1v) is 10.8. The summed E-state index contributed by atoms with van der Waals surface area (Å²) >= 11 is 6.56. The van der Waals surface area contributed by atoms with Crippen LogP contribution in [0.25, 0.3) is 28.0 Å². The quantitative estimate of drug-likeness (QED) is 0.397. The highest BCUT2D eigenvalue weighted by molar-refractivity contribution is 6.35. The lowest BCUT2D eigenvalue weighted by Crippen LogP contribution is -2.13. The molecule has 5 rings (SSSR count). The molecule has 0 spiro atoms. The Labute approximate surface area is 195 Å². The Kier molecular flexibility index (Phi) is 5.39. The van der Waals surface area contributed by atoms with Gasteiger partial charge in [0.05, 0.1) is 21.9 Å². The Morgan fingerprint density at radius 3 is 2.73 bits per heavy atom. The summed E-state index contributed by atoms with van der Waals surface area (Å²) in [6.07, 6.45) is 6.02. The van der Waals surface area contributed by atoms with Crippen molar-refractivity contribution in [2.75, 3.05) is 17.6 Å². The van der Waals surface area contributed by atoms with Gasteiger partial charge in [-0.1, -0.05) is 17.7 Å². The van der Waals surface area contributed by atoms with E-state index in [9.17, 15) is 0 Å². The van der Waals surface area contributed by atoms with E-state index in [0.717, 1.165) is 28.0 Å². The van der Waals surface area contributed by atoms with Gasteiger partial charge in [-0.05, 0) is 31.2 Å². The van der Waals surface area contributed by atoms with Crippen LogP contribution in [-0.2, 0) is 13.5 Å². The molecule has 0 aliphatic rings. The van der Waals surface area contributed by atoms with Crippen LogP contribution in [0.4, 0.5) is 11.6 Å². The van der Waals surface area contributed by atoms with E-state index < -0.39 is 0 Å². The molecule has 10 heteroatoms.